The summed E-state index contributed by atoms with van der Waals surface area (Å²) in [6.45, 7) is 6.36. The van der Waals surface area contributed by atoms with Gasteiger partial charge >= 0.3 is 0 Å². The fourth-order valence-corrected chi connectivity index (χ4v) is 0.718. The van der Waals surface area contributed by atoms with Gasteiger partial charge in [0.05, 0.1) is 0 Å². The molecule has 0 aromatic carbocycles. The molecule has 0 aliphatic heterocycles. The summed E-state index contributed by atoms with van der Waals surface area (Å²) in [7, 11) is 0. The van der Waals surface area contributed by atoms with Crippen molar-refractivity contribution in [1.82, 2.24) is 4.98 Å². The fourth-order valence-electron chi connectivity index (χ4n) is 0.718. The molecule has 0 aliphatic carbocycles. The maximum absolute atomic E-state index is 3.08. The normalized spacial score (nSPS) is 10.5. The van der Waals surface area contributed by atoms with E-state index in [2.05, 4.69) is 18.8 Å². The van der Waals surface area contributed by atoms with Gasteiger partial charge in [0.1, 0.15) is 0 Å². The molecule has 1 heteroatoms. The number of aromatic amines is 1. The summed E-state index contributed by atoms with van der Waals surface area (Å²) in [6, 6.07) is 4.01. The van der Waals surface area contributed by atoms with Crippen LogP contribution in [-0.2, 0) is 0 Å². The van der Waals surface area contributed by atoms with Crippen LogP contribution in [0.4, 0.5) is 0 Å². The van der Waals surface area contributed by atoms with E-state index in [4.69, 9.17) is 0 Å². The molecule has 0 unspecified atom stereocenters. The predicted molar refractivity (Wildman–Crippen MR) is 65.2 cm³/mol. The number of rotatable bonds is 3. The molecule has 0 radical (unpaired) electrons. The Labute approximate surface area is 87.6 Å². The van der Waals surface area contributed by atoms with E-state index in [9.17, 15) is 0 Å². The minimum absolute atomic E-state index is 1.14. The van der Waals surface area contributed by atoms with Gasteiger partial charge in [-0.2, -0.15) is 0 Å². The van der Waals surface area contributed by atoms with Crippen molar-refractivity contribution in [2.24, 2.45) is 0 Å². The molecule has 0 saturated carbocycles. The predicted octanol–water partition coefficient (Wildman–Crippen LogP) is 4.41. The molecular formula is C13H21N. The lowest BCUT2D eigenvalue weighted by atomic mass is 10.3. The Hall–Kier alpha value is -1.24. The van der Waals surface area contributed by atoms with Gasteiger partial charge in [-0.25, -0.2) is 0 Å². The Kier molecular flexibility index (Phi) is 8.97. The highest BCUT2D eigenvalue weighted by Crippen LogP contribution is 1.96. The SMILES string of the molecule is C/C=C\C=C/c1ccc[nH]1.CCCC. The molecule has 0 fully saturated rings. The van der Waals surface area contributed by atoms with Crippen LogP contribution < -0.4 is 0 Å². The Bertz CT molecular complexity index is 240. The molecule has 1 heterocycles. The Morgan fingerprint density at radius 3 is 2.36 bits per heavy atom. The molecule has 1 rings (SSSR count). The van der Waals surface area contributed by atoms with Crippen LogP contribution in [-0.4, -0.2) is 4.98 Å². The maximum atomic E-state index is 3.08. The monoisotopic (exact) mass is 191 g/mol. The zero-order chi connectivity index (χ0) is 10.6. The lowest BCUT2D eigenvalue weighted by molar-refractivity contribution is 0.886. The Balaban J connectivity index is 0.000000364. The summed E-state index contributed by atoms with van der Waals surface area (Å²) in [5.41, 5.74) is 1.14. The van der Waals surface area contributed by atoms with Crippen LogP contribution in [0, 0.1) is 0 Å². The van der Waals surface area contributed by atoms with Gasteiger partial charge in [0.2, 0.25) is 0 Å². The van der Waals surface area contributed by atoms with E-state index in [0.29, 0.717) is 0 Å². The van der Waals surface area contributed by atoms with E-state index in [0.717, 1.165) is 5.69 Å². The van der Waals surface area contributed by atoms with Crippen molar-refractivity contribution in [3.63, 3.8) is 0 Å². The summed E-state index contributed by atoms with van der Waals surface area (Å²) in [4.78, 5) is 3.08. The molecule has 0 saturated heterocycles. The van der Waals surface area contributed by atoms with Crippen molar-refractivity contribution in [2.45, 2.75) is 33.6 Å². The van der Waals surface area contributed by atoms with Crippen LogP contribution in [0.2, 0.25) is 0 Å². The van der Waals surface area contributed by atoms with Crippen LogP contribution in [0.3, 0.4) is 0 Å². The van der Waals surface area contributed by atoms with Gasteiger partial charge in [-0.15, -0.1) is 0 Å². The topological polar surface area (TPSA) is 15.8 Å². The number of nitrogens with one attached hydrogen (secondary N) is 1. The first-order chi connectivity index (χ1) is 6.85. The average molecular weight is 191 g/mol. The van der Waals surface area contributed by atoms with Crippen LogP contribution >= 0.6 is 0 Å². The summed E-state index contributed by atoms with van der Waals surface area (Å²) < 4.78 is 0. The fraction of sp³-hybridized carbons (Fsp3) is 0.385. The highest BCUT2D eigenvalue weighted by atomic mass is 14.7. The van der Waals surface area contributed by atoms with Crippen molar-refractivity contribution in [3.8, 4) is 0 Å². The van der Waals surface area contributed by atoms with E-state index >= 15 is 0 Å². The highest BCUT2D eigenvalue weighted by Gasteiger charge is 1.79. The van der Waals surface area contributed by atoms with Crippen molar-refractivity contribution in [1.29, 1.82) is 0 Å². The molecular weight excluding hydrogens is 170 g/mol. The highest BCUT2D eigenvalue weighted by molar-refractivity contribution is 5.46. The lowest BCUT2D eigenvalue weighted by Crippen LogP contribution is -1.64. The molecule has 1 aromatic rings. The maximum Gasteiger partial charge on any atom is 0.0380 e. The van der Waals surface area contributed by atoms with Crippen molar-refractivity contribution >= 4 is 6.08 Å². The third kappa shape index (κ3) is 7.41. The first-order valence-electron chi connectivity index (χ1n) is 5.27. The summed E-state index contributed by atoms with van der Waals surface area (Å²) in [5, 5.41) is 0. The first kappa shape index (κ1) is 12.8. The second-order valence-electron chi connectivity index (χ2n) is 3.01. The summed E-state index contributed by atoms with van der Waals surface area (Å²) in [6.07, 6.45) is 12.6. The van der Waals surface area contributed by atoms with Gasteiger partial charge < -0.3 is 4.98 Å². The molecule has 0 bridgehead atoms. The molecule has 1 nitrogen and oxygen atoms in total. The molecule has 78 valence electrons. The second kappa shape index (κ2) is 9.85. The van der Waals surface area contributed by atoms with Gasteiger partial charge in [-0.05, 0) is 25.1 Å². The Morgan fingerprint density at radius 2 is 1.93 bits per heavy atom. The van der Waals surface area contributed by atoms with Crippen LogP contribution in [0.5, 0.6) is 0 Å². The molecule has 0 spiro atoms. The van der Waals surface area contributed by atoms with Crippen LogP contribution in [0.15, 0.2) is 36.6 Å². The molecule has 0 amide bonds. The number of hydrogen-bond donors (Lipinski definition) is 1. The van der Waals surface area contributed by atoms with E-state index in [1.54, 1.807) is 0 Å². The minimum Gasteiger partial charge on any atom is -0.362 e. The third-order valence-corrected chi connectivity index (χ3v) is 1.70. The number of H-pyrrole nitrogens is 1. The number of hydrogen-bond acceptors (Lipinski definition) is 0. The molecule has 14 heavy (non-hydrogen) atoms. The zero-order valence-electron chi connectivity index (χ0n) is 9.46. The summed E-state index contributed by atoms with van der Waals surface area (Å²) in [5.74, 6) is 0. The third-order valence-electron chi connectivity index (χ3n) is 1.70. The Morgan fingerprint density at radius 1 is 1.21 bits per heavy atom. The number of unbranched alkanes of at least 4 members (excludes halogenated alkanes) is 1. The van der Waals surface area contributed by atoms with Gasteiger partial charge in [0.15, 0.2) is 0 Å². The van der Waals surface area contributed by atoms with Gasteiger partial charge in [0, 0.05) is 11.9 Å². The molecule has 1 N–H and O–H groups in total. The van der Waals surface area contributed by atoms with Gasteiger partial charge in [-0.1, -0.05) is 44.9 Å². The molecule has 1 aromatic heterocycles. The lowest BCUT2D eigenvalue weighted by Gasteiger charge is -1.79. The first-order valence-corrected chi connectivity index (χ1v) is 5.27. The van der Waals surface area contributed by atoms with E-state index in [1.807, 2.05) is 49.6 Å². The van der Waals surface area contributed by atoms with E-state index < -0.39 is 0 Å². The van der Waals surface area contributed by atoms with Gasteiger partial charge in [0.25, 0.3) is 0 Å². The zero-order valence-corrected chi connectivity index (χ0v) is 9.46. The molecule has 0 aliphatic rings. The minimum atomic E-state index is 1.14. The summed E-state index contributed by atoms with van der Waals surface area (Å²) >= 11 is 0. The van der Waals surface area contributed by atoms with Crippen molar-refractivity contribution in [2.75, 3.05) is 0 Å². The quantitative estimate of drug-likeness (QED) is 0.681. The largest absolute Gasteiger partial charge is 0.362 e. The smallest absolute Gasteiger partial charge is 0.0380 e. The second-order valence-corrected chi connectivity index (χ2v) is 3.01. The van der Waals surface area contributed by atoms with E-state index in [1.165, 1.54) is 12.8 Å². The van der Waals surface area contributed by atoms with Crippen LogP contribution in [0.1, 0.15) is 39.3 Å². The van der Waals surface area contributed by atoms with Crippen LogP contribution in [0.25, 0.3) is 6.08 Å². The van der Waals surface area contributed by atoms with E-state index in [-0.39, 0.29) is 0 Å². The van der Waals surface area contributed by atoms with Gasteiger partial charge in [-0.3, -0.25) is 0 Å². The van der Waals surface area contributed by atoms with Crippen molar-refractivity contribution in [3.05, 3.63) is 42.3 Å². The number of allylic oxidation sites excluding steroid dienone is 3. The molecule has 0 atom stereocenters. The average Bonchev–Trinajstić information content (AvgIpc) is 2.72. The number of aromatic nitrogens is 1. The standard InChI is InChI=1S/C9H11N.C4H10/c1-2-3-4-6-9-7-5-8-10-9;1-3-4-2/h2-8,10H,1H3;3-4H2,1-2H3/b3-2-,6-4-;. The van der Waals surface area contributed by atoms with Crippen molar-refractivity contribution < 1.29 is 0 Å².